The first-order valence-electron chi connectivity index (χ1n) is 6.81. The number of hydrogen-bond donors (Lipinski definition) is 0. The van der Waals surface area contributed by atoms with Crippen LogP contribution >= 0.6 is 27.5 Å². The Labute approximate surface area is 138 Å². The highest BCUT2D eigenvalue weighted by atomic mass is 79.9. The molecular weight excluding hydrogens is 350 g/mol. The SMILES string of the molecule is CCN(Cc1cccc(Cl)c1)C(=O)c1cc(Br)ccc1C. The van der Waals surface area contributed by atoms with Crippen LogP contribution in [0.3, 0.4) is 0 Å². The van der Waals surface area contributed by atoms with Crippen molar-refractivity contribution in [3.8, 4) is 0 Å². The van der Waals surface area contributed by atoms with Crippen molar-refractivity contribution in [1.29, 1.82) is 0 Å². The normalized spacial score (nSPS) is 10.5. The Hall–Kier alpha value is -1.32. The fourth-order valence-corrected chi connectivity index (χ4v) is 2.75. The van der Waals surface area contributed by atoms with Crippen molar-refractivity contribution in [3.05, 3.63) is 68.7 Å². The molecule has 0 N–H and O–H groups in total. The van der Waals surface area contributed by atoms with E-state index in [1.54, 1.807) is 0 Å². The fraction of sp³-hybridized carbons (Fsp3) is 0.235. The molecule has 0 aliphatic heterocycles. The molecule has 2 rings (SSSR count). The van der Waals surface area contributed by atoms with Gasteiger partial charge < -0.3 is 4.90 Å². The van der Waals surface area contributed by atoms with Crippen LogP contribution in [0.1, 0.15) is 28.4 Å². The highest BCUT2D eigenvalue weighted by molar-refractivity contribution is 9.10. The third-order valence-electron chi connectivity index (χ3n) is 3.36. The van der Waals surface area contributed by atoms with Crippen LogP contribution in [-0.4, -0.2) is 17.4 Å². The minimum absolute atomic E-state index is 0.0382. The molecule has 0 aliphatic carbocycles. The Morgan fingerprint density at radius 2 is 2.00 bits per heavy atom. The summed E-state index contributed by atoms with van der Waals surface area (Å²) in [5, 5.41) is 0.689. The van der Waals surface area contributed by atoms with E-state index in [0.717, 1.165) is 21.2 Å². The number of hydrogen-bond acceptors (Lipinski definition) is 1. The number of benzene rings is 2. The lowest BCUT2D eigenvalue weighted by Crippen LogP contribution is -2.30. The second-order valence-corrected chi connectivity index (χ2v) is 6.26. The molecule has 21 heavy (non-hydrogen) atoms. The Morgan fingerprint density at radius 1 is 1.24 bits per heavy atom. The molecule has 0 radical (unpaired) electrons. The number of halogens is 2. The van der Waals surface area contributed by atoms with Crippen LogP contribution in [0.25, 0.3) is 0 Å². The molecule has 0 bridgehead atoms. The quantitative estimate of drug-likeness (QED) is 0.739. The van der Waals surface area contributed by atoms with E-state index in [1.807, 2.05) is 61.2 Å². The standard InChI is InChI=1S/C17H17BrClNO/c1-3-20(11-13-5-4-6-15(19)9-13)17(21)16-10-14(18)8-7-12(16)2/h4-10H,3,11H2,1-2H3. The molecule has 0 heterocycles. The second-order valence-electron chi connectivity index (χ2n) is 4.91. The van der Waals surface area contributed by atoms with E-state index in [0.29, 0.717) is 18.1 Å². The molecule has 110 valence electrons. The first-order valence-corrected chi connectivity index (χ1v) is 7.98. The summed E-state index contributed by atoms with van der Waals surface area (Å²) in [4.78, 5) is 14.5. The number of rotatable bonds is 4. The zero-order valence-corrected chi connectivity index (χ0v) is 14.4. The Morgan fingerprint density at radius 3 is 2.67 bits per heavy atom. The lowest BCUT2D eigenvalue weighted by molar-refractivity contribution is 0.0752. The van der Waals surface area contributed by atoms with Crippen molar-refractivity contribution in [3.63, 3.8) is 0 Å². The predicted molar refractivity (Wildman–Crippen MR) is 90.7 cm³/mol. The number of nitrogens with zero attached hydrogens (tertiary/aromatic N) is 1. The van der Waals surface area contributed by atoms with Crippen molar-refractivity contribution in [2.45, 2.75) is 20.4 Å². The molecule has 0 fully saturated rings. The lowest BCUT2D eigenvalue weighted by atomic mass is 10.1. The molecular formula is C17H17BrClNO. The van der Waals surface area contributed by atoms with Gasteiger partial charge in [-0.05, 0) is 49.2 Å². The van der Waals surface area contributed by atoms with E-state index in [2.05, 4.69) is 15.9 Å². The van der Waals surface area contributed by atoms with Crippen LogP contribution < -0.4 is 0 Å². The molecule has 0 aromatic heterocycles. The summed E-state index contributed by atoms with van der Waals surface area (Å²) in [7, 11) is 0. The van der Waals surface area contributed by atoms with Gasteiger partial charge in [0.1, 0.15) is 0 Å². The third kappa shape index (κ3) is 4.08. The van der Waals surface area contributed by atoms with Crippen molar-refractivity contribution in [2.75, 3.05) is 6.54 Å². The van der Waals surface area contributed by atoms with Gasteiger partial charge in [0.2, 0.25) is 0 Å². The second kappa shape index (κ2) is 7.10. The highest BCUT2D eigenvalue weighted by Gasteiger charge is 2.17. The smallest absolute Gasteiger partial charge is 0.254 e. The minimum Gasteiger partial charge on any atom is -0.335 e. The molecule has 2 aromatic rings. The van der Waals surface area contributed by atoms with Crippen LogP contribution in [0.15, 0.2) is 46.9 Å². The van der Waals surface area contributed by atoms with Crippen molar-refractivity contribution in [1.82, 2.24) is 4.90 Å². The van der Waals surface area contributed by atoms with Crippen molar-refractivity contribution < 1.29 is 4.79 Å². The van der Waals surface area contributed by atoms with E-state index < -0.39 is 0 Å². The Balaban J connectivity index is 2.24. The van der Waals surface area contributed by atoms with Gasteiger partial charge in [-0.2, -0.15) is 0 Å². The molecule has 0 saturated carbocycles. The maximum absolute atomic E-state index is 12.7. The van der Waals surface area contributed by atoms with Crippen molar-refractivity contribution >= 4 is 33.4 Å². The van der Waals surface area contributed by atoms with Gasteiger partial charge in [0.05, 0.1) is 0 Å². The minimum atomic E-state index is 0.0382. The van der Waals surface area contributed by atoms with Gasteiger partial charge in [-0.15, -0.1) is 0 Å². The number of carbonyl (C=O) groups is 1. The summed E-state index contributed by atoms with van der Waals surface area (Å²) in [6.07, 6.45) is 0. The van der Waals surface area contributed by atoms with Crippen LogP contribution in [0, 0.1) is 6.92 Å². The summed E-state index contributed by atoms with van der Waals surface area (Å²) in [5.41, 5.74) is 2.74. The molecule has 2 aromatic carbocycles. The van der Waals surface area contributed by atoms with Gasteiger partial charge in [-0.1, -0.05) is 45.7 Å². The molecule has 1 amide bonds. The fourth-order valence-electron chi connectivity index (χ4n) is 2.18. The monoisotopic (exact) mass is 365 g/mol. The van der Waals surface area contributed by atoms with Crippen LogP contribution in [-0.2, 0) is 6.54 Å². The third-order valence-corrected chi connectivity index (χ3v) is 4.09. The average Bonchev–Trinajstić information content (AvgIpc) is 2.46. The Bertz CT molecular complexity index is 657. The van der Waals surface area contributed by atoms with Gasteiger partial charge in [-0.3, -0.25) is 4.79 Å². The van der Waals surface area contributed by atoms with Crippen LogP contribution in [0.5, 0.6) is 0 Å². The van der Waals surface area contributed by atoms with E-state index in [9.17, 15) is 4.79 Å². The van der Waals surface area contributed by atoms with Crippen LogP contribution in [0.2, 0.25) is 5.02 Å². The number of carbonyl (C=O) groups excluding carboxylic acids is 1. The van der Waals surface area contributed by atoms with E-state index >= 15 is 0 Å². The summed E-state index contributed by atoms with van der Waals surface area (Å²) in [6.45, 7) is 5.14. The maximum atomic E-state index is 12.7. The Kier molecular flexibility index (Phi) is 5.43. The van der Waals surface area contributed by atoms with Crippen molar-refractivity contribution in [2.24, 2.45) is 0 Å². The van der Waals surface area contributed by atoms with Gasteiger partial charge in [0.25, 0.3) is 5.91 Å². The average molecular weight is 367 g/mol. The van der Waals surface area contributed by atoms with Crippen LogP contribution in [0.4, 0.5) is 0 Å². The highest BCUT2D eigenvalue weighted by Crippen LogP contribution is 2.19. The largest absolute Gasteiger partial charge is 0.335 e. The summed E-state index contributed by atoms with van der Waals surface area (Å²) in [5.74, 6) is 0.0382. The lowest BCUT2D eigenvalue weighted by Gasteiger charge is -2.22. The van der Waals surface area contributed by atoms with Gasteiger partial charge in [-0.25, -0.2) is 0 Å². The zero-order chi connectivity index (χ0) is 15.4. The molecule has 0 unspecified atom stereocenters. The zero-order valence-electron chi connectivity index (χ0n) is 12.1. The van der Waals surface area contributed by atoms with E-state index in [4.69, 9.17) is 11.6 Å². The molecule has 4 heteroatoms. The maximum Gasteiger partial charge on any atom is 0.254 e. The molecule has 0 atom stereocenters. The predicted octanol–water partition coefficient (Wildman–Crippen LogP) is 5.07. The summed E-state index contributed by atoms with van der Waals surface area (Å²) >= 11 is 9.43. The summed E-state index contributed by atoms with van der Waals surface area (Å²) < 4.78 is 0.912. The first kappa shape index (κ1) is 16.1. The molecule has 2 nitrogen and oxygen atoms in total. The molecule has 0 aliphatic rings. The first-order chi connectivity index (χ1) is 10.0. The summed E-state index contributed by atoms with van der Waals surface area (Å²) in [6, 6.07) is 13.4. The number of amides is 1. The molecule has 0 spiro atoms. The van der Waals surface area contributed by atoms with Gasteiger partial charge in [0, 0.05) is 28.1 Å². The van der Waals surface area contributed by atoms with E-state index in [1.165, 1.54) is 0 Å². The van der Waals surface area contributed by atoms with E-state index in [-0.39, 0.29) is 5.91 Å². The number of aryl methyl sites for hydroxylation is 1. The van der Waals surface area contributed by atoms with Gasteiger partial charge in [0.15, 0.2) is 0 Å². The van der Waals surface area contributed by atoms with Gasteiger partial charge >= 0.3 is 0 Å². The molecule has 0 saturated heterocycles. The topological polar surface area (TPSA) is 20.3 Å².